The van der Waals surface area contributed by atoms with E-state index in [1.54, 1.807) is 19.2 Å². The third-order valence-corrected chi connectivity index (χ3v) is 3.93. The molecular formula is C19H18N4O2. The third-order valence-electron chi connectivity index (χ3n) is 3.93. The van der Waals surface area contributed by atoms with Gasteiger partial charge in [-0.2, -0.15) is 0 Å². The molecule has 0 radical (unpaired) electrons. The Balaban J connectivity index is 1.98. The number of hydrogen-bond acceptors (Lipinski definition) is 5. The summed E-state index contributed by atoms with van der Waals surface area (Å²) in [5.41, 5.74) is 3.62. The predicted octanol–water partition coefficient (Wildman–Crippen LogP) is 4.20. The second kappa shape index (κ2) is 7.09. The molecule has 0 spiro atoms. The first-order chi connectivity index (χ1) is 12.0. The maximum Gasteiger partial charge on any atom is 0.290 e. The molecule has 0 aliphatic carbocycles. The van der Waals surface area contributed by atoms with E-state index in [4.69, 9.17) is 0 Å². The molecule has 6 heteroatoms. The number of nitrogens with one attached hydrogen (secondary N) is 1. The van der Waals surface area contributed by atoms with Gasteiger partial charge in [0.25, 0.3) is 5.69 Å². The minimum atomic E-state index is -0.428. The van der Waals surface area contributed by atoms with Crippen LogP contribution in [0.3, 0.4) is 0 Å². The van der Waals surface area contributed by atoms with E-state index < -0.39 is 4.92 Å². The lowest BCUT2D eigenvalue weighted by atomic mass is 10.0. The van der Waals surface area contributed by atoms with Gasteiger partial charge in [0.1, 0.15) is 12.0 Å². The second-order valence-corrected chi connectivity index (χ2v) is 5.86. The molecule has 126 valence electrons. The van der Waals surface area contributed by atoms with Crippen LogP contribution < -0.4 is 5.32 Å². The van der Waals surface area contributed by atoms with E-state index in [9.17, 15) is 10.1 Å². The molecule has 1 atom stereocenters. The molecule has 0 amide bonds. The Kier molecular flexibility index (Phi) is 4.70. The van der Waals surface area contributed by atoms with Gasteiger partial charge in [0.15, 0.2) is 0 Å². The van der Waals surface area contributed by atoms with Crippen LogP contribution in [0, 0.1) is 24.0 Å². The largest absolute Gasteiger partial charge is 0.358 e. The summed E-state index contributed by atoms with van der Waals surface area (Å²) in [6.07, 6.45) is 3.03. The first kappa shape index (κ1) is 16.6. The Morgan fingerprint density at radius 1 is 1.08 bits per heavy atom. The van der Waals surface area contributed by atoms with Crippen molar-refractivity contribution in [2.75, 3.05) is 5.32 Å². The van der Waals surface area contributed by atoms with Gasteiger partial charge in [0.05, 0.1) is 16.7 Å². The fourth-order valence-corrected chi connectivity index (χ4v) is 2.69. The van der Waals surface area contributed by atoms with E-state index in [-0.39, 0.29) is 11.7 Å². The van der Waals surface area contributed by atoms with Gasteiger partial charge in [0.2, 0.25) is 0 Å². The number of anilines is 1. The molecule has 3 aromatic rings. The Bertz CT molecular complexity index is 897. The van der Waals surface area contributed by atoms with Gasteiger partial charge in [-0.25, -0.2) is 4.98 Å². The van der Waals surface area contributed by atoms with Crippen LogP contribution in [-0.4, -0.2) is 14.9 Å². The molecular weight excluding hydrogens is 316 g/mol. The summed E-state index contributed by atoms with van der Waals surface area (Å²) in [6.45, 7) is 3.74. The van der Waals surface area contributed by atoms with Crippen molar-refractivity contribution in [2.45, 2.75) is 19.9 Å². The summed E-state index contributed by atoms with van der Waals surface area (Å²) in [7, 11) is 0. The molecule has 0 aliphatic rings. The van der Waals surface area contributed by atoms with Gasteiger partial charge in [-0.3, -0.25) is 15.1 Å². The van der Waals surface area contributed by atoms with Crippen molar-refractivity contribution in [3.63, 3.8) is 0 Å². The number of pyridine rings is 2. The standard InChI is InChI=1S/C19H18N4O2/c1-13-6-5-7-15(10-13)19(16-8-3-4-9-20-16)22-18-11-14(2)17(12-21-18)23(24)25/h3-12,19H,1-2H3,(H,21,22). The summed E-state index contributed by atoms with van der Waals surface area (Å²) >= 11 is 0. The zero-order valence-corrected chi connectivity index (χ0v) is 14.0. The molecule has 0 bridgehead atoms. The summed E-state index contributed by atoms with van der Waals surface area (Å²) < 4.78 is 0. The van der Waals surface area contributed by atoms with E-state index in [1.807, 2.05) is 43.3 Å². The molecule has 1 aromatic carbocycles. The highest BCUT2D eigenvalue weighted by atomic mass is 16.6. The first-order valence-corrected chi connectivity index (χ1v) is 7.89. The highest BCUT2D eigenvalue weighted by Crippen LogP contribution is 2.27. The lowest BCUT2D eigenvalue weighted by Crippen LogP contribution is -2.15. The van der Waals surface area contributed by atoms with E-state index in [0.717, 1.165) is 16.8 Å². The van der Waals surface area contributed by atoms with E-state index >= 15 is 0 Å². The number of aromatic nitrogens is 2. The van der Waals surface area contributed by atoms with Crippen molar-refractivity contribution in [3.05, 3.63) is 93.4 Å². The lowest BCUT2D eigenvalue weighted by molar-refractivity contribution is -0.385. The molecule has 1 unspecified atom stereocenters. The lowest BCUT2D eigenvalue weighted by Gasteiger charge is -2.20. The number of rotatable bonds is 5. The van der Waals surface area contributed by atoms with Crippen molar-refractivity contribution in [1.29, 1.82) is 0 Å². The molecule has 2 heterocycles. The molecule has 0 saturated carbocycles. The van der Waals surface area contributed by atoms with Gasteiger partial charge in [-0.05, 0) is 37.6 Å². The van der Waals surface area contributed by atoms with Crippen molar-refractivity contribution in [3.8, 4) is 0 Å². The van der Waals surface area contributed by atoms with Gasteiger partial charge < -0.3 is 5.32 Å². The number of hydrogen-bond donors (Lipinski definition) is 1. The van der Waals surface area contributed by atoms with E-state index in [2.05, 4.69) is 21.4 Å². The quantitative estimate of drug-likeness (QED) is 0.558. The normalized spacial score (nSPS) is 11.8. The summed E-state index contributed by atoms with van der Waals surface area (Å²) in [6, 6.07) is 15.4. The molecule has 0 fully saturated rings. The van der Waals surface area contributed by atoms with Crippen molar-refractivity contribution >= 4 is 11.5 Å². The van der Waals surface area contributed by atoms with Crippen LogP contribution >= 0.6 is 0 Å². The fraction of sp³-hybridized carbons (Fsp3) is 0.158. The third kappa shape index (κ3) is 3.80. The molecule has 1 N–H and O–H groups in total. The van der Waals surface area contributed by atoms with Crippen LogP contribution in [0.5, 0.6) is 0 Å². The summed E-state index contributed by atoms with van der Waals surface area (Å²) in [5.74, 6) is 0.570. The maximum atomic E-state index is 11.0. The highest BCUT2D eigenvalue weighted by molar-refractivity contribution is 5.50. The Morgan fingerprint density at radius 3 is 2.56 bits per heavy atom. The van der Waals surface area contributed by atoms with Crippen LogP contribution in [-0.2, 0) is 0 Å². The zero-order chi connectivity index (χ0) is 17.8. The van der Waals surface area contributed by atoms with Crippen LogP contribution in [0.2, 0.25) is 0 Å². The zero-order valence-electron chi connectivity index (χ0n) is 14.0. The van der Waals surface area contributed by atoms with Gasteiger partial charge in [0, 0.05) is 11.8 Å². The number of aryl methyl sites for hydroxylation is 2. The predicted molar refractivity (Wildman–Crippen MR) is 96.5 cm³/mol. The Labute approximate surface area is 145 Å². The van der Waals surface area contributed by atoms with Crippen LogP contribution in [0.1, 0.15) is 28.4 Å². The number of benzene rings is 1. The second-order valence-electron chi connectivity index (χ2n) is 5.86. The highest BCUT2D eigenvalue weighted by Gasteiger charge is 2.18. The van der Waals surface area contributed by atoms with Gasteiger partial charge in [-0.15, -0.1) is 0 Å². The van der Waals surface area contributed by atoms with E-state index in [1.165, 1.54) is 6.20 Å². The Hall–Kier alpha value is -3.28. The number of nitro groups is 1. The average Bonchev–Trinajstić information content (AvgIpc) is 2.60. The van der Waals surface area contributed by atoms with Crippen LogP contribution in [0.25, 0.3) is 0 Å². The SMILES string of the molecule is Cc1cccc(C(Nc2cc(C)c([N+](=O)[O-])cn2)c2ccccn2)c1. The molecule has 3 rings (SSSR count). The average molecular weight is 334 g/mol. The van der Waals surface area contributed by atoms with Crippen LogP contribution in [0.15, 0.2) is 60.9 Å². The molecule has 0 saturated heterocycles. The molecule has 0 aliphatic heterocycles. The van der Waals surface area contributed by atoms with Gasteiger partial charge >= 0.3 is 0 Å². The van der Waals surface area contributed by atoms with Crippen molar-refractivity contribution < 1.29 is 4.92 Å². The molecule has 25 heavy (non-hydrogen) atoms. The van der Waals surface area contributed by atoms with E-state index in [0.29, 0.717) is 11.4 Å². The topological polar surface area (TPSA) is 81.0 Å². The van der Waals surface area contributed by atoms with Crippen molar-refractivity contribution in [2.24, 2.45) is 0 Å². The smallest absolute Gasteiger partial charge is 0.290 e. The fourth-order valence-electron chi connectivity index (χ4n) is 2.69. The molecule has 6 nitrogen and oxygen atoms in total. The van der Waals surface area contributed by atoms with Gasteiger partial charge in [-0.1, -0.05) is 35.9 Å². The summed E-state index contributed by atoms with van der Waals surface area (Å²) in [4.78, 5) is 19.2. The minimum Gasteiger partial charge on any atom is -0.358 e. The van der Waals surface area contributed by atoms with Crippen LogP contribution in [0.4, 0.5) is 11.5 Å². The summed E-state index contributed by atoms with van der Waals surface area (Å²) in [5, 5.41) is 14.3. The number of nitrogens with zero attached hydrogens (tertiary/aromatic N) is 3. The molecule has 2 aromatic heterocycles. The Morgan fingerprint density at radius 2 is 1.92 bits per heavy atom. The van der Waals surface area contributed by atoms with Crippen molar-refractivity contribution in [1.82, 2.24) is 9.97 Å². The first-order valence-electron chi connectivity index (χ1n) is 7.89. The monoisotopic (exact) mass is 334 g/mol. The minimum absolute atomic E-state index is 0.00971. The maximum absolute atomic E-state index is 11.0.